The minimum Gasteiger partial charge on any atom is -0.496 e. The highest BCUT2D eigenvalue weighted by molar-refractivity contribution is 5.96. The largest absolute Gasteiger partial charge is 0.496 e. The van der Waals surface area contributed by atoms with E-state index in [1.54, 1.807) is 13.2 Å². The first-order valence-electron chi connectivity index (χ1n) is 6.79. The monoisotopic (exact) mass is 284 g/mol. The maximum atomic E-state index is 12.3. The Bertz CT molecular complexity index is 666. The smallest absolute Gasteiger partial charge is 0.251 e. The van der Waals surface area contributed by atoms with Crippen molar-refractivity contribution in [2.24, 2.45) is 0 Å². The standard InChI is InChI=1S/C17H20N2O2/c1-11-8-12(2)15(18)9-14(11)17(20)19-10-13-6-4-5-7-16(13)21-3/h4-9H,10,18H2,1-3H3,(H,19,20). The van der Waals surface area contributed by atoms with Crippen LogP contribution in [0.25, 0.3) is 0 Å². The van der Waals surface area contributed by atoms with E-state index < -0.39 is 0 Å². The lowest BCUT2D eigenvalue weighted by molar-refractivity contribution is 0.0950. The van der Waals surface area contributed by atoms with Crippen LogP contribution in [-0.4, -0.2) is 13.0 Å². The van der Waals surface area contributed by atoms with Crippen LogP contribution in [0.3, 0.4) is 0 Å². The Morgan fingerprint density at radius 2 is 1.90 bits per heavy atom. The van der Waals surface area contributed by atoms with Crippen molar-refractivity contribution in [2.75, 3.05) is 12.8 Å². The molecule has 1 amide bonds. The highest BCUT2D eigenvalue weighted by atomic mass is 16.5. The van der Waals surface area contributed by atoms with E-state index in [1.165, 1.54) is 0 Å². The molecule has 0 radical (unpaired) electrons. The summed E-state index contributed by atoms with van der Waals surface area (Å²) in [4.78, 5) is 12.3. The van der Waals surface area contributed by atoms with Gasteiger partial charge in [-0.05, 0) is 37.1 Å². The van der Waals surface area contributed by atoms with Crippen LogP contribution >= 0.6 is 0 Å². The number of methoxy groups -OCH3 is 1. The van der Waals surface area contributed by atoms with Gasteiger partial charge < -0.3 is 15.8 Å². The summed E-state index contributed by atoms with van der Waals surface area (Å²) in [6, 6.07) is 11.3. The maximum Gasteiger partial charge on any atom is 0.251 e. The van der Waals surface area contributed by atoms with Gasteiger partial charge in [0.1, 0.15) is 5.75 Å². The highest BCUT2D eigenvalue weighted by Crippen LogP contribution is 2.19. The maximum absolute atomic E-state index is 12.3. The summed E-state index contributed by atoms with van der Waals surface area (Å²) in [6.45, 7) is 4.25. The summed E-state index contributed by atoms with van der Waals surface area (Å²) >= 11 is 0. The average molecular weight is 284 g/mol. The van der Waals surface area contributed by atoms with Gasteiger partial charge in [0, 0.05) is 23.4 Å². The molecule has 0 saturated heterocycles. The number of ether oxygens (including phenoxy) is 1. The molecule has 4 heteroatoms. The number of carbonyl (C=O) groups is 1. The second kappa shape index (κ2) is 6.31. The highest BCUT2D eigenvalue weighted by Gasteiger charge is 2.11. The van der Waals surface area contributed by atoms with Gasteiger partial charge in [0.25, 0.3) is 5.91 Å². The summed E-state index contributed by atoms with van der Waals surface area (Å²) in [5.74, 6) is 0.628. The van der Waals surface area contributed by atoms with E-state index in [-0.39, 0.29) is 5.91 Å². The molecule has 2 rings (SSSR count). The number of rotatable bonds is 4. The number of amides is 1. The molecule has 4 nitrogen and oxygen atoms in total. The van der Waals surface area contributed by atoms with Gasteiger partial charge in [-0.25, -0.2) is 0 Å². The molecule has 0 aliphatic heterocycles. The Labute approximate surface area is 124 Å². The van der Waals surface area contributed by atoms with Gasteiger partial charge in [0.2, 0.25) is 0 Å². The molecule has 0 bridgehead atoms. The minimum absolute atomic E-state index is 0.134. The van der Waals surface area contributed by atoms with Crippen molar-refractivity contribution in [3.8, 4) is 5.75 Å². The molecule has 2 aromatic rings. The molecule has 3 N–H and O–H groups in total. The molecule has 0 saturated carbocycles. The molecule has 0 aromatic heterocycles. The van der Waals surface area contributed by atoms with E-state index in [4.69, 9.17) is 10.5 Å². The molecule has 0 aliphatic rings. The zero-order valence-electron chi connectivity index (χ0n) is 12.6. The Hall–Kier alpha value is -2.49. The first kappa shape index (κ1) is 14.9. The van der Waals surface area contributed by atoms with E-state index in [2.05, 4.69) is 5.32 Å². The van der Waals surface area contributed by atoms with Gasteiger partial charge in [0.05, 0.1) is 7.11 Å². The van der Waals surface area contributed by atoms with Gasteiger partial charge in [-0.15, -0.1) is 0 Å². The third-order valence-corrected chi connectivity index (χ3v) is 3.49. The summed E-state index contributed by atoms with van der Waals surface area (Å²) in [7, 11) is 1.62. The molecule has 2 aromatic carbocycles. The predicted octanol–water partition coefficient (Wildman–Crippen LogP) is 2.82. The number of carbonyl (C=O) groups excluding carboxylic acids is 1. The number of nitrogens with one attached hydrogen (secondary N) is 1. The second-order valence-corrected chi connectivity index (χ2v) is 5.02. The lowest BCUT2D eigenvalue weighted by Gasteiger charge is -2.12. The van der Waals surface area contributed by atoms with Crippen molar-refractivity contribution in [1.82, 2.24) is 5.32 Å². The molecule has 0 heterocycles. The lowest BCUT2D eigenvalue weighted by atomic mass is 10.0. The van der Waals surface area contributed by atoms with Crippen molar-refractivity contribution in [3.63, 3.8) is 0 Å². The van der Waals surface area contributed by atoms with Crippen molar-refractivity contribution in [2.45, 2.75) is 20.4 Å². The molecular weight excluding hydrogens is 264 g/mol. The van der Waals surface area contributed by atoms with Crippen LogP contribution in [0.2, 0.25) is 0 Å². The third-order valence-electron chi connectivity index (χ3n) is 3.49. The number of hydrogen-bond donors (Lipinski definition) is 2. The summed E-state index contributed by atoms with van der Waals surface area (Å²) in [6.07, 6.45) is 0. The molecule has 0 fully saturated rings. The molecular formula is C17H20N2O2. The van der Waals surface area contributed by atoms with Crippen molar-refractivity contribution >= 4 is 11.6 Å². The lowest BCUT2D eigenvalue weighted by Crippen LogP contribution is -2.24. The van der Waals surface area contributed by atoms with Crippen LogP contribution in [-0.2, 0) is 6.54 Å². The van der Waals surface area contributed by atoms with Gasteiger partial charge in [-0.3, -0.25) is 4.79 Å². The van der Waals surface area contributed by atoms with Crippen LogP contribution in [0.5, 0.6) is 5.75 Å². The minimum atomic E-state index is -0.134. The van der Waals surface area contributed by atoms with E-state index >= 15 is 0 Å². The van der Waals surface area contributed by atoms with Crippen molar-refractivity contribution < 1.29 is 9.53 Å². The zero-order valence-corrected chi connectivity index (χ0v) is 12.6. The number of anilines is 1. The third kappa shape index (κ3) is 3.34. The molecule has 0 aliphatic carbocycles. The number of aryl methyl sites for hydroxylation is 2. The fourth-order valence-electron chi connectivity index (χ4n) is 2.23. The summed E-state index contributed by atoms with van der Waals surface area (Å²) < 4.78 is 5.27. The average Bonchev–Trinajstić information content (AvgIpc) is 2.48. The van der Waals surface area contributed by atoms with E-state index in [1.807, 2.05) is 44.2 Å². The van der Waals surface area contributed by atoms with Crippen molar-refractivity contribution in [3.05, 3.63) is 58.7 Å². The zero-order chi connectivity index (χ0) is 15.4. The van der Waals surface area contributed by atoms with E-state index in [9.17, 15) is 4.79 Å². The van der Waals surface area contributed by atoms with E-state index in [0.717, 1.165) is 22.4 Å². The summed E-state index contributed by atoms with van der Waals surface area (Å²) in [5.41, 5.74) is 9.95. The molecule has 110 valence electrons. The number of nitrogen functional groups attached to an aromatic ring is 1. The molecule has 0 spiro atoms. The van der Waals surface area contributed by atoms with Gasteiger partial charge in [0.15, 0.2) is 0 Å². The number of benzene rings is 2. The quantitative estimate of drug-likeness (QED) is 0.849. The van der Waals surface area contributed by atoms with Gasteiger partial charge in [-0.2, -0.15) is 0 Å². The Morgan fingerprint density at radius 3 is 2.62 bits per heavy atom. The molecule has 0 atom stereocenters. The van der Waals surface area contributed by atoms with Crippen molar-refractivity contribution in [1.29, 1.82) is 0 Å². The predicted molar refractivity (Wildman–Crippen MR) is 84.5 cm³/mol. The topological polar surface area (TPSA) is 64.3 Å². The fraction of sp³-hybridized carbons (Fsp3) is 0.235. The fourth-order valence-corrected chi connectivity index (χ4v) is 2.23. The van der Waals surface area contributed by atoms with E-state index in [0.29, 0.717) is 17.8 Å². The first-order valence-corrected chi connectivity index (χ1v) is 6.79. The molecule has 21 heavy (non-hydrogen) atoms. The Balaban J connectivity index is 2.14. The second-order valence-electron chi connectivity index (χ2n) is 5.02. The Kier molecular flexibility index (Phi) is 4.48. The molecule has 0 unspecified atom stereocenters. The van der Waals surface area contributed by atoms with Crippen LogP contribution in [0.1, 0.15) is 27.0 Å². The number of para-hydroxylation sites is 1. The van der Waals surface area contributed by atoms with Crippen LogP contribution in [0.4, 0.5) is 5.69 Å². The van der Waals surface area contributed by atoms with Gasteiger partial charge >= 0.3 is 0 Å². The Morgan fingerprint density at radius 1 is 1.19 bits per heavy atom. The van der Waals surface area contributed by atoms with Crippen LogP contribution in [0, 0.1) is 13.8 Å². The first-order chi connectivity index (χ1) is 10.0. The van der Waals surface area contributed by atoms with Gasteiger partial charge in [-0.1, -0.05) is 24.3 Å². The van der Waals surface area contributed by atoms with Crippen LogP contribution in [0.15, 0.2) is 36.4 Å². The summed E-state index contributed by atoms with van der Waals surface area (Å²) in [5, 5.41) is 2.90. The SMILES string of the molecule is COc1ccccc1CNC(=O)c1cc(N)c(C)cc1C. The van der Waals surface area contributed by atoms with Crippen LogP contribution < -0.4 is 15.8 Å². The number of hydrogen-bond acceptors (Lipinski definition) is 3. The number of nitrogens with two attached hydrogens (primary N) is 1. The normalized spacial score (nSPS) is 10.2.